The monoisotopic (exact) mass is 359 g/mol. The first-order chi connectivity index (χ1) is 13.1. The van der Waals surface area contributed by atoms with Gasteiger partial charge in [0.1, 0.15) is 11.3 Å². The van der Waals surface area contributed by atoms with E-state index in [0.29, 0.717) is 16.8 Å². The highest BCUT2D eigenvalue weighted by molar-refractivity contribution is 6.35. The fourth-order valence-corrected chi connectivity index (χ4v) is 3.11. The van der Waals surface area contributed by atoms with Crippen molar-refractivity contribution in [1.82, 2.24) is 4.98 Å². The Labute approximate surface area is 155 Å². The number of rotatable bonds is 5. The van der Waals surface area contributed by atoms with E-state index >= 15 is 0 Å². The number of carbonyl (C=O) groups excluding carboxylic acids is 2. The van der Waals surface area contributed by atoms with Gasteiger partial charge in [0.05, 0.1) is 13.0 Å². The molecule has 6 heteroatoms. The van der Waals surface area contributed by atoms with Gasteiger partial charge in [-0.3, -0.25) is 14.6 Å². The summed E-state index contributed by atoms with van der Waals surface area (Å²) < 4.78 is 5.67. The molecule has 3 N–H and O–H groups in total. The van der Waals surface area contributed by atoms with Crippen LogP contribution < -0.4 is 15.8 Å². The van der Waals surface area contributed by atoms with Crippen LogP contribution in [0.4, 0.5) is 5.69 Å². The average Bonchev–Trinajstić information content (AvgIpc) is 2.98. The maximum Gasteiger partial charge on any atom is 0.256 e. The molecule has 0 radical (unpaired) electrons. The number of nitrogens with zero attached hydrogens (tertiary/aromatic N) is 1. The first-order valence-electron chi connectivity index (χ1n) is 8.55. The summed E-state index contributed by atoms with van der Waals surface area (Å²) in [6.07, 6.45) is 3.67. The van der Waals surface area contributed by atoms with Crippen LogP contribution in [0.1, 0.15) is 17.5 Å². The van der Waals surface area contributed by atoms with E-state index in [0.717, 1.165) is 22.2 Å². The number of para-hydroxylation sites is 1. The first kappa shape index (κ1) is 16.8. The Hall–Kier alpha value is -3.67. The molecule has 0 bridgehead atoms. The minimum Gasteiger partial charge on any atom is -0.491 e. The lowest BCUT2D eigenvalue weighted by Gasteiger charge is -2.10. The number of hydrogen-bond donors (Lipinski definition) is 2. The van der Waals surface area contributed by atoms with Crippen molar-refractivity contribution in [2.24, 2.45) is 5.73 Å². The van der Waals surface area contributed by atoms with Gasteiger partial charge in [-0.25, -0.2) is 0 Å². The van der Waals surface area contributed by atoms with Crippen LogP contribution in [0, 0.1) is 0 Å². The van der Waals surface area contributed by atoms with Gasteiger partial charge in [0.2, 0.25) is 5.91 Å². The predicted molar refractivity (Wildman–Crippen MR) is 104 cm³/mol. The molecule has 27 heavy (non-hydrogen) atoms. The number of nitrogens with one attached hydrogen (secondary N) is 1. The van der Waals surface area contributed by atoms with Gasteiger partial charge < -0.3 is 15.8 Å². The van der Waals surface area contributed by atoms with Crippen molar-refractivity contribution in [2.75, 3.05) is 11.9 Å². The molecular formula is C21H17N3O3. The summed E-state index contributed by atoms with van der Waals surface area (Å²) in [7, 11) is 0. The number of fused-ring (bicyclic) bond motifs is 2. The van der Waals surface area contributed by atoms with Gasteiger partial charge >= 0.3 is 0 Å². The largest absolute Gasteiger partial charge is 0.491 e. The minimum atomic E-state index is -0.417. The highest BCUT2D eigenvalue weighted by atomic mass is 16.5. The van der Waals surface area contributed by atoms with Crippen molar-refractivity contribution in [3.63, 3.8) is 0 Å². The summed E-state index contributed by atoms with van der Waals surface area (Å²) in [6, 6.07) is 15.0. The fraction of sp³-hybridized carbons (Fsp3) is 0.0952. The molecule has 4 rings (SSSR count). The standard InChI is InChI=1S/C21H17N3O3/c22-19(25)9-11-27-18-8-7-13(14-5-3-10-23-20(14)18)12-16-15-4-1-2-6-17(15)24-21(16)26/h1-8,10,12H,9,11H2,(H2,22,25)(H,24,26). The summed E-state index contributed by atoms with van der Waals surface area (Å²) in [5, 5.41) is 3.73. The molecule has 0 aliphatic carbocycles. The van der Waals surface area contributed by atoms with E-state index in [2.05, 4.69) is 10.3 Å². The van der Waals surface area contributed by atoms with E-state index in [1.54, 1.807) is 12.3 Å². The van der Waals surface area contributed by atoms with Gasteiger partial charge in [-0.2, -0.15) is 0 Å². The van der Waals surface area contributed by atoms with Crippen molar-refractivity contribution in [1.29, 1.82) is 0 Å². The lowest BCUT2D eigenvalue weighted by molar-refractivity contribution is -0.118. The number of hydrogen-bond acceptors (Lipinski definition) is 4. The third kappa shape index (κ3) is 3.25. The highest BCUT2D eigenvalue weighted by Gasteiger charge is 2.23. The van der Waals surface area contributed by atoms with E-state index in [9.17, 15) is 9.59 Å². The van der Waals surface area contributed by atoms with Gasteiger partial charge in [0.25, 0.3) is 5.91 Å². The first-order valence-corrected chi connectivity index (χ1v) is 8.55. The summed E-state index contributed by atoms with van der Waals surface area (Å²) in [4.78, 5) is 27.7. The second-order valence-corrected chi connectivity index (χ2v) is 6.17. The summed E-state index contributed by atoms with van der Waals surface area (Å²) in [5.41, 5.74) is 8.98. The average molecular weight is 359 g/mol. The minimum absolute atomic E-state index is 0.130. The van der Waals surface area contributed by atoms with Crippen molar-refractivity contribution in [2.45, 2.75) is 6.42 Å². The maximum absolute atomic E-state index is 12.4. The molecule has 1 aromatic heterocycles. The molecule has 0 fully saturated rings. The maximum atomic E-state index is 12.4. The predicted octanol–water partition coefficient (Wildman–Crippen LogP) is 2.98. The molecule has 3 aromatic rings. The second kappa shape index (κ2) is 6.92. The van der Waals surface area contributed by atoms with Crippen LogP contribution in [0.3, 0.4) is 0 Å². The SMILES string of the molecule is NC(=O)CCOc1ccc(C=C2C(=O)Nc3ccccc32)c2cccnc12. The molecule has 2 amide bonds. The lowest BCUT2D eigenvalue weighted by atomic mass is 10.0. The Balaban J connectivity index is 1.76. The molecule has 0 spiro atoms. The molecule has 0 saturated heterocycles. The number of anilines is 1. The molecule has 1 aliphatic rings. The Bertz CT molecular complexity index is 1090. The molecule has 134 valence electrons. The number of amides is 2. The third-order valence-electron chi connectivity index (χ3n) is 4.38. The van der Waals surface area contributed by atoms with Crippen LogP contribution in [-0.4, -0.2) is 23.4 Å². The van der Waals surface area contributed by atoms with Gasteiger partial charge in [0, 0.05) is 28.4 Å². The molecular weight excluding hydrogens is 342 g/mol. The molecule has 6 nitrogen and oxygen atoms in total. The normalized spacial score (nSPS) is 14.2. The van der Waals surface area contributed by atoms with E-state index < -0.39 is 5.91 Å². The number of benzene rings is 2. The topological polar surface area (TPSA) is 94.3 Å². The summed E-state index contributed by atoms with van der Waals surface area (Å²) in [6.45, 7) is 0.192. The van der Waals surface area contributed by atoms with E-state index in [1.165, 1.54) is 0 Å². The summed E-state index contributed by atoms with van der Waals surface area (Å²) >= 11 is 0. The Kier molecular flexibility index (Phi) is 4.30. The van der Waals surface area contributed by atoms with Crippen LogP contribution in [0.15, 0.2) is 54.7 Å². The van der Waals surface area contributed by atoms with Crippen LogP contribution in [0.25, 0.3) is 22.6 Å². The number of pyridine rings is 1. The van der Waals surface area contributed by atoms with Crippen LogP contribution in [-0.2, 0) is 9.59 Å². The number of primary amides is 1. The number of ether oxygens (including phenoxy) is 1. The molecule has 0 saturated carbocycles. The molecule has 0 unspecified atom stereocenters. The number of nitrogens with two attached hydrogens (primary N) is 1. The lowest BCUT2D eigenvalue weighted by Crippen LogP contribution is -2.14. The molecule has 2 heterocycles. The van der Waals surface area contributed by atoms with Crippen molar-refractivity contribution in [3.05, 3.63) is 65.9 Å². The third-order valence-corrected chi connectivity index (χ3v) is 4.38. The van der Waals surface area contributed by atoms with Crippen LogP contribution in [0.5, 0.6) is 5.75 Å². The Morgan fingerprint density at radius 1 is 1.15 bits per heavy atom. The Morgan fingerprint density at radius 2 is 2.00 bits per heavy atom. The fourth-order valence-electron chi connectivity index (χ4n) is 3.11. The zero-order valence-electron chi connectivity index (χ0n) is 14.4. The Morgan fingerprint density at radius 3 is 2.85 bits per heavy atom. The number of carbonyl (C=O) groups is 2. The van der Waals surface area contributed by atoms with Crippen molar-refractivity contribution < 1.29 is 14.3 Å². The number of aromatic nitrogens is 1. The van der Waals surface area contributed by atoms with Gasteiger partial charge in [0.15, 0.2) is 0 Å². The second-order valence-electron chi connectivity index (χ2n) is 6.17. The highest BCUT2D eigenvalue weighted by Crippen LogP contribution is 2.35. The zero-order valence-corrected chi connectivity index (χ0v) is 14.4. The van der Waals surface area contributed by atoms with Crippen molar-refractivity contribution >= 4 is 40.1 Å². The quantitative estimate of drug-likeness (QED) is 0.685. The van der Waals surface area contributed by atoms with E-state index in [1.807, 2.05) is 48.5 Å². The molecule has 0 atom stereocenters. The summed E-state index contributed by atoms with van der Waals surface area (Å²) in [5.74, 6) is 0.0276. The molecule has 2 aromatic carbocycles. The zero-order chi connectivity index (χ0) is 18.8. The smallest absolute Gasteiger partial charge is 0.256 e. The van der Waals surface area contributed by atoms with Crippen LogP contribution >= 0.6 is 0 Å². The van der Waals surface area contributed by atoms with Crippen LogP contribution in [0.2, 0.25) is 0 Å². The van der Waals surface area contributed by atoms with Crippen molar-refractivity contribution in [3.8, 4) is 5.75 Å². The van der Waals surface area contributed by atoms with Gasteiger partial charge in [-0.1, -0.05) is 30.3 Å². The van der Waals surface area contributed by atoms with Gasteiger partial charge in [-0.15, -0.1) is 0 Å². The van der Waals surface area contributed by atoms with E-state index in [-0.39, 0.29) is 18.9 Å². The van der Waals surface area contributed by atoms with E-state index in [4.69, 9.17) is 10.5 Å². The van der Waals surface area contributed by atoms with Gasteiger partial charge in [-0.05, 0) is 29.8 Å². The molecule has 1 aliphatic heterocycles.